The van der Waals surface area contributed by atoms with Crippen molar-refractivity contribution in [2.45, 2.75) is 64.0 Å². The smallest absolute Gasteiger partial charge is 0.0223 e. The number of rotatable bonds is 4. The lowest BCUT2D eigenvalue weighted by molar-refractivity contribution is 0.0231. The van der Waals surface area contributed by atoms with Crippen LogP contribution in [0.2, 0.25) is 0 Å². The highest BCUT2D eigenvalue weighted by Gasteiger charge is 2.33. The Morgan fingerprint density at radius 2 is 1.94 bits per heavy atom. The molecule has 3 aliphatic rings. The van der Waals surface area contributed by atoms with Crippen LogP contribution in [0, 0.1) is 5.92 Å². The second-order valence-corrected chi connectivity index (χ2v) is 6.42. The van der Waals surface area contributed by atoms with Crippen LogP contribution >= 0.6 is 0 Å². The molecule has 2 atom stereocenters. The highest BCUT2D eigenvalue weighted by molar-refractivity contribution is 4.89. The fourth-order valence-corrected chi connectivity index (χ4v) is 3.82. The first-order chi connectivity index (χ1) is 8.36. The van der Waals surface area contributed by atoms with Crippen LogP contribution in [0.1, 0.15) is 51.9 Å². The van der Waals surface area contributed by atoms with Crippen molar-refractivity contribution in [3.05, 3.63) is 0 Å². The first-order valence-corrected chi connectivity index (χ1v) is 7.85. The molecule has 2 unspecified atom stereocenters. The first-order valence-electron chi connectivity index (χ1n) is 7.85. The molecule has 1 saturated carbocycles. The van der Waals surface area contributed by atoms with Crippen molar-refractivity contribution < 1.29 is 0 Å². The summed E-state index contributed by atoms with van der Waals surface area (Å²) in [6, 6.07) is 1.79. The summed E-state index contributed by atoms with van der Waals surface area (Å²) < 4.78 is 0. The second-order valence-electron chi connectivity index (χ2n) is 6.42. The summed E-state index contributed by atoms with van der Waals surface area (Å²) in [5.74, 6) is 1.09. The molecule has 98 valence electrons. The van der Waals surface area contributed by atoms with Gasteiger partial charge in [0.25, 0.3) is 0 Å². The predicted molar refractivity (Wildman–Crippen MR) is 72.2 cm³/mol. The molecule has 0 radical (unpaired) electrons. The Kier molecular flexibility index (Phi) is 3.72. The van der Waals surface area contributed by atoms with E-state index in [1.54, 1.807) is 0 Å². The third-order valence-electron chi connectivity index (χ3n) is 5.16. The Balaban J connectivity index is 1.55. The third-order valence-corrected chi connectivity index (χ3v) is 5.16. The Bertz CT molecular complexity index is 249. The van der Waals surface area contributed by atoms with Gasteiger partial charge in [0.05, 0.1) is 0 Å². The Labute approximate surface area is 106 Å². The number of hydrogen-bond donors (Lipinski definition) is 0. The van der Waals surface area contributed by atoms with E-state index in [-0.39, 0.29) is 0 Å². The van der Waals surface area contributed by atoms with Gasteiger partial charge in [-0.3, -0.25) is 9.80 Å². The molecular formula is C15H28N2. The number of piperazine rings is 1. The van der Waals surface area contributed by atoms with Gasteiger partial charge in [-0.05, 0) is 38.1 Å². The summed E-state index contributed by atoms with van der Waals surface area (Å²) in [6.07, 6.45) is 10.2. The molecule has 2 saturated heterocycles. The van der Waals surface area contributed by atoms with Gasteiger partial charge in [-0.25, -0.2) is 0 Å². The van der Waals surface area contributed by atoms with Gasteiger partial charge in [-0.2, -0.15) is 0 Å². The molecule has 3 rings (SSSR count). The van der Waals surface area contributed by atoms with Crippen LogP contribution in [-0.2, 0) is 0 Å². The normalized spacial score (nSPS) is 33.4. The molecule has 17 heavy (non-hydrogen) atoms. The maximum absolute atomic E-state index is 2.82. The average Bonchev–Trinajstić information content (AvgIpc) is 3.19. The Hall–Kier alpha value is -0.0800. The van der Waals surface area contributed by atoms with E-state index in [0.717, 1.165) is 18.0 Å². The zero-order chi connectivity index (χ0) is 11.7. The third kappa shape index (κ3) is 2.85. The van der Waals surface area contributed by atoms with E-state index in [2.05, 4.69) is 16.7 Å². The van der Waals surface area contributed by atoms with E-state index in [0.29, 0.717) is 0 Å². The number of hydrogen-bond acceptors (Lipinski definition) is 2. The van der Waals surface area contributed by atoms with Crippen LogP contribution in [-0.4, -0.2) is 48.1 Å². The first kappa shape index (κ1) is 12.0. The van der Waals surface area contributed by atoms with Gasteiger partial charge in [0.15, 0.2) is 0 Å². The molecule has 1 aliphatic carbocycles. The fraction of sp³-hybridized carbons (Fsp3) is 1.00. The summed E-state index contributed by atoms with van der Waals surface area (Å²) in [4.78, 5) is 5.58. The monoisotopic (exact) mass is 236 g/mol. The molecule has 2 aliphatic heterocycles. The van der Waals surface area contributed by atoms with Crippen molar-refractivity contribution in [2.24, 2.45) is 5.92 Å². The SMILES string of the molecule is CCC(CC1CC1)N1CCN2CCCCC2C1. The largest absolute Gasteiger partial charge is 0.298 e. The molecule has 2 heterocycles. The zero-order valence-electron chi connectivity index (χ0n) is 11.4. The molecule has 0 aromatic heterocycles. The summed E-state index contributed by atoms with van der Waals surface area (Å²) >= 11 is 0. The molecule has 2 nitrogen and oxygen atoms in total. The number of nitrogens with zero attached hydrogens (tertiary/aromatic N) is 2. The molecule has 0 N–H and O–H groups in total. The quantitative estimate of drug-likeness (QED) is 0.740. The molecular weight excluding hydrogens is 208 g/mol. The lowest BCUT2D eigenvalue weighted by Crippen LogP contribution is -2.57. The van der Waals surface area contributed by atoms with Gasteiger partial charge in [0.1, 0.15) is 0 Å². The molecule has 0 aromatic rings. The van der Waals surface area contributed by atoms with Crippen LogP contribution < -0.4 is 0 Å². The number of piperidine rings is 1. The molecule has 0 aromatic carbocycles. The molecule has 0 spiro atoms. The van der Waals surface area contributed by atoms with Crippen molar-refractivity contribution in [2.75, 3.05) is 26.2 Å². The number of fused-ring (bicyclic) bond motifs is 1. The Morgan fingerprint density at radius 1 is 1.06 bits per heavy atom. The van der Waals surface area contributed by atoms with E-state index >= 15 is 0 Å². The van der Waals surface area contributed by atoms with Gasteiger partial charge < -0.3 is 0 Å². The standard InChI is InChI=1S/C15H28N2/c1-2-14(11-13-6-7-13)17-10-9-16-8-4-3-5-15(16)12-17/h13-15H,2-12H2,1H3. The van der Waals surface area contributed by atoms with Gasteiger partial charge in [0.2, 0.25) is 0 Å². The summed E-state index contributed by atoms with van der Waals surface area (Å²) in [7, 11) is 0. The van der Waals surface area contributed by atoms with Crippen molar-refractivity contribution in [3.8, 4) is 0 Å². The van der Waals surface area contributed by atoms with Crippen LogP contribution in [0.3, 0.4) is 0 Å². The van der Waals surface area contributed by atoms with Gasteiger partial charge in [-0.1, -0.05) is 26.2 Å². The van der Waals surface area contributed by atoms with Crippen molar-refractivity contribution in [3.63, 3.8) is 0 Å². The van der Waals surface area contributed by atoms with E-state index < -0.39 is 0 Å². The Morgan fingerprint density at radius 3 is 2.71 bits per heavy atom. The second kappa shape index (κ2) is 5.27. The summed E-state index contributed by atoms with van der Waals surface area (Å²) in [5.41, 5.74) is 0. The highest BCUT2D eigenvalue weighted by atomic mass is 15.3. The molecule has 0 bridgehead atoms. The zero-order valence-corrected chi connectivity index (χ0v) is 11.4. The van der Waals surface area contributed by atoms with E-state index in [9.17, 15) is 0 Å². The topological polar surface area (TPSA) is 6.48 Å². The van der Waals surface area contributed by atoms with Crippen molar-refractivity contribution in [1.82, 2.24) is 9.80 Å². The van der Waals surface area contributed by atoms with E-state index in [4.69, 9.17) is 0 Å². The minimum absolute atomic E-state index is 0.894. The van der Waals surface area contributed by atoms with Crippen molar-refractivity contribution in [1.29, 1.82) is 0 Å². The molecule has 3 fully saturated rings. The minimum Gasteiger partial charge on any atom is -0.298 e. The molecule has 0 amide bonds. The molecule has 2 heteroatoms. The average molecular weight is 236 g/mol. The van der Waals surface area contributed by atoms with Gasteiger partial charge in [0, 0.05) is 31.7 Å². The van der Waals surface area contributed by atoms with Crippen LogP contribution in [0.15, 0.2) is 0 Å². The van der Waals surface area contributed by atoms with Crippen molar-refractivity contribution >= 4 is 0 Å². The van der Waals surface area contributed by atoms with Crippen LogP contribution in [0.4, 0.5) is 0 Å². The van der Waals surface area contributed by atoms with E-state index in [1.807, 2.05) is 0 Å². The highest BCUT2D eigenvalue weighted by Crippen LogP contribution is 2.36. The predicted octanol–water partition coefficient (Wildman–Crippen LogP) is 2.74. The summed E-state index contributed by atoms with van der Waals surface area (Å²) in [6.45, 7) is 7.80. The lowest BCUT2D eigenvalue weighted by Gasteiger charge is -2.46. The fourth-order valence-electron chi connectivity index (χ4n) is 3.82. The minimum atomic E-state index is 0.894. The van der Waals surface area contributed by atoms with Gasteiger partial charge >= 0.3 is 0 Å². The maximum atomic E-state index is 2.82. The van der Waals surface area contributed by atoms with Crippen LogP contribution in [0.25, 0.3) is 0 Å². The summed E-state index contributed by atoms with van der Waals surface area (Å²) in [5, 5.41) is 0. The van der Waals surface area contributed by atoms with E-state index in [1.165, 1.54) is 71.1 Å². The van der Waals surface area contributed by atoms with Gasteiger partial charge in [-0.15, -0.1) is 0 Å². The lowest BCUT2D eigenvalue weighted by atomic mass is 9.97. The maximum Gasteiger partial charge on any atom is 0.0223 e. The van der Waals surface area contributed by atoms with Crippen LogP contribution in [0.5, 0.6) is 0 Å².